The van der Waals surface area contributed by atoms with Crippen LogP contribution in [0, 0.1) is 0 Å². The van der Waals surface area contributed by atoms with E-state index in [1.54, 1.807) is 12.1 Å². The number of aromatic hydroxyl groups is 3. The number of likely N-dealkylation sites (N-methyl/N-ethyl adjacent to an activating group) is 2. The summed E-state index contributed by atoms with van der Waals surface area (Å²) < 4.78 is 12.1. The lowest BCUT2D eigenvalue weighted by atomic mass is 9.94. The van der Waals surface area contributed by atoms with Crippen LogP contribution in [-0.2, 0) is 6.42 Å². The predicted molar refractivity (Wildman–Crippen MR) is 114 cm³/mol. The van der Waals surface area contributed by atoms with Gasteiger partial charge in [-0.3, -0.25) is 0 Å². The van der Waals surface area contributed by atoms with Crippen molar-refractivity contribution in [3.8, 4) is 28.7 Å². The highest BCUT2D eigenvalue weighted by molar-refractivity contribution is 5.52. The van der Waals surface area contributed by atoms with E-state index < -0.39 is 12.2 Å². The van der Waals surface area contributed by atoms with Crippen LogP contribution >= 0.6 is 0 Å². The Balaban J connectivity index is 1.63. The van der Waals surface area contributed by atoms with Crippen molar-refractivity contribution in [2.24, 2.45) is 0 Å². The summed E-state index contributed by atoms with van der Waals surface area (Å²) >= 11 is 0. The molecule has 0 saturated carbocycles. The zero-order chi connectivity index (χ0) is 22.4. The molecule has 2 heterocycles. The van der Waals surface area contributed by atoms with Crippen molar-refractivity contribution in [2.75, 3.05) is 14.1 Å². The van der Waals surface area contributed by atoms with Gasteiger partial charge in [0.05, 0.1) is 12.1 Å². The average Bonchev–Trinajstić information content (AvgIpc) is 2.71. The Hall–Kier alpha value is -3.26. The van der Waals surface area contributed by atoms with E-state index in [0.717, 1.165) is 5.70 Å². The van der Waals surface area contributed by atoms with Gasteiger partial charge in [-0.25, -0.2) is 0 Å². The molecule has 2 aliphatic heterocycles. The topological polar surface area (TPSA) is 106 Å². The normalized spacial score (nSPS) is 25.5. The predicted octanol–water partition coefficient (Wildman–Crippen LogP) is 2.67. The highest BCUT2D eigenvalue weighted by atomic mass is 16.5. The van der Waals surface area contributed by atoms with Crippen LogP contribution in [0.4, 0.5) is 0 Å². The van der Waals surface area contributed by atoms with Gasteiger partial charge < -0.3 is 39.7 Å². The number of hydrogen-bond donors (Lipinski definition) is 4. The first-order chi connectivity index (χ1) is 14.7. The third kappa shape index (κ3) is 3.79. The van der Waals surface area contributed by atoms with Gasteiger partial charge in [0.15, 0.2) is 17.7 Å². The van der Waals surface area contributed by atoms with Crippen LogP contribution in [0.2, 0.25) is 0 Å². The van der Waals surface area contributed by atoms with E-state index in [1.807, 2.05) is 39.0 Å². The molecule has 31 heavy (non-hydrogen) atoms. The highest BCUT2D eigenvalue weighted by Gasteiger charge is 2.34. The van der Waals surface area contributed by atoms with Crippen molar-refractivity contribution >= 4 is 0 Å². The lowest BCUT2D eigenvalue weighted by Gasteiger charge is -2.43. The minimum Gasteiger partial charge on any atom is -0.508 e. The number of ether oxygens (including phenoxy) is 2. The monoisotopic (exact) mass is 428 g/mol. The highest BCUT2D eigenvalue weighted by Crippen LogP contribution is 2.43. The van der Waals surface area contributed by atoms with Gasteiger partial charge in [-0.2, -0.15) is 0 Å². The summed E-state index contributed by atoms with van der Waals surface area (Å²) in [5.41, 5.74) is 2.09. The maximum Gasteiger partial charge on any atom is 0.192 e. The molecular weight excluding hydrogens is 400 g/mol. The van der Waals surface area contributed by atoms with Crippen molar-refractivity contribution in [1.82, 2.24) is 9.80 Å². The lowest BCUT2D eigenvalue weighted by Crippen LogP contribution is -2.52. The molecule has 4 unspecified atom stereocenters. The summed E-state index contributed by atoms with van der Waals surface area (Å²) in [5.74, 6) is 0.336. The maximum absolute atomic E-state index is 10.7. The van der Waals surface area contributed by atoms with Gasteiger partial charge in [-0.05, 0) is 31.5 Å². The quantitative estimate of drug-likeness (QED) is 0.591. The molecule has 0 aliphatic carbocycles. The Kier molecular flexibility index (Phi) is 5.26. The fraction of sp³-hybridized carbons (Fsp3) is 0.391. The third-order valence-corrected chi connectivity index (χ3v) is 6.13. The third-order valence-electron chi connectivity index (χ3n) is 6.13. The number of phenols is 3. The minimum atomic E-state index is -0.923. The Morgan fingerprint density at radius 2 is 1.81 bits per heavy atom. The molecule has 2 aromatic rings. The molecule has 0 saturated heterocycles. The number of aliphatic hydroxyl groups excluding tert-OH is 1. The fourth-order valence-electron chi connectivity index (χ4n) is 4.09. The van der Waals surface area contributed by atoms with E-state index in [9.17, 15) is 20.4 Å². The van der Waals surface area contributed by atoms with Crippen molar-refractivity contribution < 1.29 is 29.9 Å². The van der Waals surface area contributed by atoms with Crippen LogP contribution < -0.4 is 9.47 Å². The first-order valence-corrected chi connectivity index (χ1v) is 10.2. The largest absolute Gasteiger partial charge is 0.508 e. The average molecular weight is 428 g/mol. The van der Waals surface area contributed by atoms with Crippen LogP contribution in [0.15, 0.2) is 42.2 Å². The second kappa shape index (κ2) is 7.77. The van der Waals surface area contributed by atoms with Crippen molar-refractivity contribution in [3.63, 3.8) is 0 Å². The molecule has 0 amide bonds. The minimum absolute atomic E-state index is 0.0137. The molecule has 0 bridgehead atoms. The van der Waals surface area contributed by atoms with E-state index in [2.05, 4.69) is 4.90 Å². The second-order valence-electron chi connectivity index (χ2n) is 8.27. The number of phenolic OH excluding ortho intramolecular Hbond substituents is 3. The van der Waals surface area contributed by atoms with E-state index in [0.29, 0.717) is 16.9 Å². The van der Waals surface area contributed by atoms with Gasteiger partial charge in [-0.15, -0.1) is 0 Å². The molecule has 0 fully saturated rings. The van der Waals surface area contributed by atoms with Gasteiger partial charge >= 0.3 is 0 Å². The van der Waals surface area contributed by atoms with Gasteiger partial charge in [0.1, 0.15) is 23.4 Å². The Morgan fingerprint density at radius 1 is 1.06 bits per heavy atom. The molecule has 2 aliphatic rings. The van der Waals surface area contributed by atoms with Gasteiger partial charge in [0.2, 0.25) is 0 Å². The number of nitrogens with zero attached hydrogens (tertiary/aromatic N) is 2. The first kappa shape index (κ1) is 21.0. The van der Waals surface area contributed by atoms with Crippen LogP contribution in [0.25, 0.3) is 0 Å². The number of benzene rings is 2. The Morgan fingerprint density at radius 3 is 2.55 bits per heavy atom. The smallest absolute Gasteiger partial charge is 0.192 e. The standard InChI is InChI=1S/C23H28N2O6/c1-12-11-24(3)13(2)23(25(12)4)31-21-7-14(5-6-17(21)27)22-19(29)10-16-18(28)8-15(26)9-20(16)30-22/h5-9,11,13,19,22-23,26-29H,10H2,1-4H3. The summed E-state index contributed by atoms with van der Waals surface area (Å²) in [6.07, 6.45) is 0.203. The molecule has 166 valence electrons. The summed E-state index contributed by atoms with van der Waals surface area (Å²) in [7, 11) is 3.91. The number of rotatable bonds is 3. The van der Waals surface area contributed by atoms with Crippen molar-refractivity contribution in [2.45, 2.75) is 44.7 Å². The fourth-order valence-corrected chi connectivity index (χ4v) is 4.09. The summed E-state index contributed by atoms with van der Waals surface area (Å²) in [4.78, 5) is 4.06. The van der Waals surface area contributed by atoms with Gasteiger partial charge in [0, 0.05) is 50.1 Å². The SMILES string of the molecule is CC1=CN(C)C(C)C(Oc2cc(C3Oc4cc(O)cc(O)c4CC3O)ccc2O)N1C. The number of hydrogen-bond acceptors (Lipinski definition) is 8. The second-order valence-corrected chi connectivity index (χ2v) is 8.27. The first-order valence-electron chi connectivity index (χ1n) is 10.2. The molecule has 0 radical (unpaired) electrons. The summed E-state index contributed by atoms with van der Waals surface area (Å²) in [5, 5.41) is 40.9. The maximum atomic E-state index is 10.7. The number of allylic oxidation sites excluding steroid dienone is 1. The molecule has 4 rings (SSSR count). The molecule has 0 aromatic heterocycles. The number of aliphatic hydroxyl groups is 1. The van der Waals surface area contributed by atoms with Gasteiger partial charge in [0.25, 0.3) is 0 Å². The number of fused-ring (bicyclic) bond motifs is 1. The Bertz CT molecular complexity index is 1020. The lowest BCUT2D eigenvalue weighted by molar-refractivity contribution is -0.00533. The molecule has 4 N–H and O–H groups in total. The summed E-state index contributed by atoms with van der Waals surface area (Å²) in [6.45, 7) is 4.03. The molecule has 8 heteroatoms. The molecule has 4 atom stereocenters. The van der Waals surface area contributed by atoms with E-state index in [1.165, 1.54) is 18.2 Å². The molecular formula is C23H28N2O6. The molecule has 8 nitrogen and oxygen atoms in total. The molecule has 0 spiro atoms. The van der Waals surface area contributed by atoms with E-state index in [-0.39, 0.29) is 41.7 Å². The van der Waals surface area contributed by atoms with Crippen LogP contribution in [0.5, 0.6) is 28.7 Å². The molecule has 2 aromatic carbocycles. The van der Waals surface area contributed by atoms with Crippen LogP contribution in [0.3, 0.4) is 0 Å². The van der Waals surface area contributed by atoms with Crippen molar-refractivity contribution in [3.05, 3.63) is 53.4 Å². The zero-order valence-corrected chi connectivity index (χ0v) is 18.0. The van der Waals surface area contributed by atoms with E-state index in [4.69, 9.17) is 9.47 Å². The Labute approximate surface area is 181 Å². The van der Waals surface area contributed by atoms with Crippen LogP contribution in [0.1, 0.15) is 31.1 Å². The zero-order valence-electron chi connectivity index (χ0n) is 18.0. The summed E-state index contributed by atoms with van der Waals surface area (Å²) in [6, 6.07) is 7.49. The van der Waals surface area contributed by atoms with Crippen molar-refractivity contribution in [1.29, 1.82) is 0 Å². The van der Waals surface area contributed by atoms with E-state index >= 15 is 0 Å². The van der Waals surface area contributed by atoms with Gasteiger partial charge in [-0.1, -0.05) is 6.07 Å². The van der Waals surface area contributed by atoms with Crippen LogP contribution in [-0.4, -0.2) is 62.7 Å².